The summed E-state index contributed by atoms with van der Waals surface area (Å²) in [6.45, 7) is 0. The van der Waals surface area contributed by atoms with Crippen molar-refractivity contribution in [3.05, 3.63) is 65.2 Å². The van der Waals surface area contributed by atoms with Gasteiger partial charge in [0.15, 0.2) is 0 Å². The number of rotatable bonds is 4. The van der Waals surface area contributed by atoms with Gasteiger partial charge in [-0.2, -0.15) is 0 Å². The Morgan fingerprint density at radius 2 is 1.56 bits per heavy atom. The molecule has 0 atom stereocenters. The Labute approximate surface area is 156 Å². The van der Waals surface area contributed by atoms with E-state index in [-0.39, 0.29) is 22.8 Å². The lowest BCUT2D eigenvalue weighted by molar-refractivity contribution is -0.0584. The third kappa shape index (κ3) is 3.43. The predicted molar refractivity (Wildman–Crippen MR) is 96.3 cm³/mol. The fraction of sp³-hybridized carbons (Fsp3) is 0.286. The van der Waals surface area contributed by atoms with Crippen molar-refractivity contribution in [1.82, 2.24) is 5.06 Å². The molecule has 138 valence electrons. The summed E-state index contributed by atoms with van der Waals surface area (Å²) >= 11 is 0. The Morgan fingerprint density at radius 1 is 0.889 bits per heavy atom. The number of hydrogen-bond donors (Lipinski definition) is 0. The zero-order valence-corrected chi connectivity index (χ0v) is 14.7. The van der Waals surface area contributed by atoms with E-state index in [9.17, 15) is 14.4 Å². The summed E-state index contributed by atoms with van der Waals surface area (Å²) in [7, 11) is 0. The van der Waals surface area contributed by atoms with Gasteiger partial charge in [0.05, 0.1) is 22.8 Å². The Balaban J connectivity index is 1.47. The van der Waals surface area contributed by atoms with Crippen LogP contribution in [0.3, 0.4) is 0 Å². The zero-order valence-electron chi connectivity index (χ0n) is 14.7. The summed E-state index contributed by atoms with van der Waals surface area (Å²) in [5.74, 6) is -1.48. The normalized spacial score (nSPS) is 17.0. The highest BCUT2D eigenvalue weighted by Gasteiger charge is 2.38. The maximum Gasteiger partial charge on any atom is 0.364 e. The molecular formula is C21H19NO5. The van der Waals surface area contributed by atoms with Crippen LogP contribution in [-0.4, -0.2) is 29.0 Å². The molecule has 0 spiro atoms. The molecule has 1 fully saturated rings. The van der Waals surface area contributed by atoms with Gasteiger partial charge in [0, 0.05) is 0 Å². The van der Waals surface area contributed by atoms with E-state index < -0.39 is 17.8 Å². The monoisotopic (exact) mass is 365 g/mol. The average molecular weight is 365 g/mol. The number of ether oxygens (including phenoxy) is 1. The molecule has 0 N–H and O–H groups in total. The van der Waals surface area contributed by atoms with E-state index in [0.29, 0.717) is 10.8 Å². The molecule has 2 amide bonds. The molecule has 1 aliphatic heterocycles. The van der Waals surface area contributed by atoms with E-state index in [2.05, 4.69) is 0 Å². The number of imide groups is 1. The second kappa shape index (κ2) is 7.23. The van der Waals surface area contributed by atoms with Gasteiger partial charge in [0.1, 0.15) is 5.75 Å². The molecule has 1 heterocycles. The van der Waals surface area contributed by atoms with Crippen molar-refractivity contribution in [2.24, 2.45) is 0 Å². The first-order valence-electron chi connectivity index (χ1n) is 9.10. The van der Waals surface area contributed by atoms with Crippen LogP contribution in [0, 0.1) is 0 Å². The summed E-state index contributed by atoms with van der Waals surface area (Å²) in [5.41, 5.74) is 0.675. The molecule has 27 heavy (non-hydrogen) atoms. The summed E-state index contributed by atoms with van der Waals surface area (Å²) < 4.78 is 5.95. The van der Waals surface area contributed by atoms with Crippen molar-refractivity contribution < 1.29 is 24.0 Å². The summed E-state index contributed by atoms with van der Waals surface area (Å²) in [6, 6.07) is 13.0. The van der Waals surface area contributed by atoms with Crippen LogP contribution in [0.2, 0.25) is 0 Å². The van der Waals surface area contributed by atoms with Crippen LogP contribution < -0.4 is 4.74 Å². The Morgan fingerprint density at radius 3 is 2.22 bits per heavy atom. The molecular weight excluding hydrogens is 346 g/mol. The van der Waals surface area contributed by atoms with Gasteiger partial charge in [-0.05, 0) is 56.0 Å². The number of nitrogens with zero attached hydrogens (tertiary/aromatic N) is 1. The number of amides is 2. The first kappa shape index (κ1) is 17.3. The van der Waals surface area contributed by atoms with Gasteiger partial charge in [0.2, 0.25) is 0 Å². The third-order valence-electron chi connectivity index (χ3n) is 4.86. The molecule has 0 radical (unpaired) electrons. The molecule has 0 aromatic heterocycles. The first-order chi connectivity index (χ1) is 13.1. The molecule has 1 saturated carbocycles. The molecule has 6 nitrogen and oxygen atoms in total. The van der Waals surface area contributed by atoms with Gasteiger partial charge < -0.3 is 9.57 Å². The Bertz CT molecular complexity index is 866. The molecule has 2 aromatic rings. The van der Waals surface area contributed by atoms with E-state index in [4.69, 9.17) is 9.57 Å². The molecule has 1 aliphatic carbocycles. The number of carbonyl (C=O) groups is 3. The topological polar surface area (TPSA) is 72.9 Å². The number of fused-ring (bicyclic) bond motifs is 1. The van der Waals surface area contributed by atoms with Crippen LogP contribution in [0.15, 0.2) is 48.5 Å². The minimum absolute atomic E-state index is 0.154. The van der Waals surface area contributed by atoms with Crippen LogP contribution in [0.4, 0.5) is 0 Å². The third-order valence-corrected chi connectivity index (χ3v) is 4.86. The van der Waals surface area contributed by atoms with Gasteiger partial charge in [-0.15, -0.1) is 0 Å². The second-order valence-corrected chi connectivity index (χ2v) is 6.73. The molecule has 4 rings (SSSR count). The Kier molecular flexibility index (Phi) is 4.62. The second-order valence-electron chi connectivity index (χ2n) is 6.73. The molecule has 0 unspecified atom stereocenters. The molecule has 6 heteroatoms. The molecule has 2 aromatic carbocycles. The highest BCUT2D eigenvalue weighted by atomic mass is 16.7. The quantitative estimate of drug-likeness (QED) is 0.771. The van der Waals surface area contributed by atoms with Crippen molar-refractivity contribution in [2.75, 3.05) is 0 Å². The molecule has 2 aliphatic rings. The van der Waals surface area contributed by atoms with Crippen molar-refractivity contribution in [2.45, 2.75) is 38.2 Å². The van der Waals surface area contributed by atoms with Crippen molar-refractivity contribution in [1.29, 1.82) is 0 Å². The lowest BCUT2D eigenvalue weighted by atomic mass is 9.98. The first-order valence-corrected chi connectivity index (χ1v) is 9.10. The largest absolute Gasteiger partial charge is 0.490 e. The van der Waals surface area contributed by atoms with E-state index in [0.717, 1.165) is 25.7 Å². The van der Waals surface area contributed by atoms with Crippen LogP contribution in [0.1, 0.15) is 63.2 Å². The van der Waals surface area contributed by atoms with E-state index in [1.165, 1.54) is 18.6 Å². The van der Waals surface area contributed by atoms with Crippen molar-refractivity contribution in [3.63, 3.8) is 0 Å². The maximum absolute atomic E-state index is 12.5. The van der Waals surface area contributed by atoms with Crippen LogP contribution in [0.25, 0.3) is 0 Å². The lowest BCUT2D eigenvalue weighted by Crippen LogP contribution is -2.32. The highest BCUT2D eigenvalue weighted by Crippen LogP contribution is 2.26. The van der Waals surface area contributed by atoms with E-state index in [1.54, 1.807) is 36.4 Å². The lowest BCUT2D eigenvalue weighted by Gasteiger charge is -2.23. The zero-order chi connectivity index (χ0) is 18.8. The van der Waals surface area contributed by atoms with Gasteiger partial charge >= 0.3 is 5.97 Å². The number of hydrogen-bond acceptors (Lipinski definition) is 5. The average Bonchev–Trinajstić information content (AvgIpc) is 2.94. The van der Waals surface area contributed by atoms with Gasteiger partial charge in [0.25, 0.3) is 11.8 Å². The van der Waals surface area contributed by atoms with Crippen molar-refractivity contribution in [3.8, 4) is 5.75 Å². The van der Waals surface area contributed by atoms with Crippen LogP contribution in [0.5, 0.6) is 5.75 Å². The Hall–Kier alpha value is -3.15. The fourth-order valence-corrected chi connectivity index (χ4v) is 3.46. The van der Waals surface area contributed by atoms with Crippen LogP contribution in [-0.2, 0) is 4.84 Å². The molecule has 0 saturated heterocycles. The number of carbonyl (C=O) groups excluding carboxylic acids is 3. The van der Waals surface area contributed by atoms with Gasteiger partial charge in [-0.25, -0.2) is 4.79 Å². The molecule has 0 bridgehead atoms. The number of hydroxylamine groups is 2. The van der Waals surface area contributed by atoms with Crippen molar-refractivity contribution >= 4 is 17.8 Å². The van der Waals surface area contributed by atoms with E-state index >= 15 is 0 Å². The fourth-order valence-electron chi connectivity index (χ4n) is 3.46. The highest BCUT2D eigenvalue weighted by molar-refractivity contribution is 6.21. The minimum Gasteiger partial charge on any atom is -0.490 e. The SMILES string of the molecule is O=C(ON1C(=O)c2ccccc2C1=O)c1cccc(OC2CCCCC2)c1. The number of benzene rings is 2. The predicted octanol–water partition coefficient (Wildman–Crippen LogP) is 3.77. The summed E-state index contributed by atoms with van der Waals surface area (Å²) in [5, 5.41) is 0.516. The van der Waals surface area contributed by atoms with E-state index in [1.807, 2.05) is 0 Å². The summed E-state index contributed by atoms with van der Waals surface area (Å²) in [6.07, 6.45) is 5.68. The maximum atomic E-state index is 12.5. The van der Waals surface area contributed by atoms with Gasteiger partial charge in [-0.3, -0.25) is 9.59 Å². The van der Waals surface area contributed by atoms with Crippen LogP contribution >= 0.6 is 0 Å². The van der Waals surface area contributed by atoms with Gasteiger partial charge in [-0.1, -0.05) is 29.7 Å². The standard InChI is InChI=1S/C21H19NO5/c23-19-17-11-4-5-12-18(17)20(24)22(19)27-21(25)14-7-6-10-16(13-14)26-15-8-2-1-3-9-15/h4-7,10-13,15H,1-3,8-9H2. The smallest absolute Gasteiger partial charge is 0.364 e. The summed E-state index contributed by atoms with van der Waals surface area (Å²) in [4.78, 5) is 42.2. The minimum atomic E-state index is -0.779.